The molecule has 1 N–H and O–H groups in total. The summed E-state index contributed by atoms with van der Waals surface area (Å²) in [6, 6.07) is 16.2. The molecule has 0 radical (unpaired) electrons. The van der Waals surface area contributed by atoms with E-state index in [9.17, 15) is 5.11 Å². The first-order chi connectivity index (χ1) is 12.0. The highest BCUT2D eigenvalue weighted by Gasteiger charge is 2.26. The zero-order chi connectivity index (χ0) is 17.9. The molecule has 0 saturated carbocycles. The van der Waals surface area contributed by atoms with Crippen LogP contribution in [0.1, 0.15) is 38.3 Å². The molecule has 3 rings (SSSR count). The number of aliphatic hydroxyl groups excluding tert-OH is 1. The Bertz CT molecular complexity index is 672. The first kappa shape index (κ1) is 17.8. The summed E-state index contributed by atoms with van der Waals surface area (Å²) in [5.74, 6) is 1.61. The first-order valence-corrected chi connectivity index (χ1v) is 8.79. The van der Waals surface area contributed by atoms with Gasteiger partial charge in [-0.25, -0.2) is 0 Å². The van der Waals surface area contributed by atoms with Gasteiger partial charge in [-0.15, -0.1) is 0 Å². The van der Waals surface area contributed by atoms with Crippen LogP contribution in [0, 0.1) is 0 Å². The van der Waals surface area contributed by atoms with Crippen LogP contribution in [0.4, 0.5) is 0 Å². The van der Waals surface area contributed by atoms with Crippen molar-refractivity contribution in [3.8, 4) is 11.5 Å². The molecule has 0 spiro atoms. The molecule has 2 aromatic rings. The average molecular weight is 342 g/mol. The summed E-state index contributed by atoms with van der Waals surface area (Å²) in [5.41, 5.74) is 2.29. The lowest BCUT2D eigenvalue weighted by Gasteiger charge is -2.26. The summed E-state index contributed by atoms with van der Waals surface area (Å²) >= 11 is 0. The Morgan fingerprint density at radius 2 is 1.56 bits per heavy atom. The van der Waals surface area contributed by atoms with Gasteiger partial charge in [0.25, 0.3) is 0 Å². The minimum absolute atomic E-state index is 0.0716. The number of aliphatic hydroxyl groups is 1. The molecule has 1 fully saturated rings. The molecule has 1 aliphatic rings. The van der Waals surface area contributed by atoms with Crippen molar-refractivity contribution in [2.75, 3.05) is 13.2 Å². The zero-order valence-corrected chi connectivity index (χ0v) is 15.1. The highest BCUT2D eigenvalue weighted by atomic mass is 16.8. The van der Waals surface area contributed by atoms with Crippen LogP contribution in [0.15, 0.2) is 48.5 Å². The van der Waals surface area contributed by atoms with E-state index in [0.717, 1.165) is 11.5 Å². The summed E-state index contributed by atoms with van der Waals surface area (Å²) in [5, 5.41) is 9.59. The molecule has 134 valence electrons. The molecule has 4 nitrogen and oxygen atoms in total. The quantitative estimate of drug-likeness (QED) is 0.739. The highest BCUT2D eigenvalue weighted by Crippen LogP contribution is 2.33. The average Bonchev–Trinajstić information content (AvgIpc) is 3.44. The van der Waals surface area contributed by atoms with Gasteiger partial charge in [-0.05, 0) is 41.8 Å². The second-order valence-electron chi connectivity index (χ2n) is 6.93. The van der Waals surface area contributed by atoms with Gasteiger partial charge in [0.05, 0.1) is 6.10 Å². The zero-order valence-electron chi connectivity index (χ0n) is 15.1. The van der Waals surface area contributed by atoms with E-state index in [2.05, 4.69) is 38.1 Å². The minimum atomic E-state index is -0.419. The van der Waals surface area contributed by atoms with E-state index in [1.807, 2.05) is 31.2 Å². The molecule has 0 bridgehead atoms. The molecule has 1 heterocycles. The summed E-state index contributed by atoms with van der Waals surface area (Å²) in [6.07, 6.45) is 0.202. The lowest BCUT2D eigenvalue weighted by molar-refractivity contribution is 0.104. The number of hydrogen-bond acceptors (Lipinski definition) is 4. The van der Waals surface area contributed by atoms with Crippen molar-refractivity contribution in [1.82, 2.24) is 0 Å². The predicted molar refractivity (Wildman–Crippen MR) is 97.2 cm³/mol. The summed E-state index contributed by atoms with van der Waals surface area (Å²) in [7, 11) is 0. The molecular formula is C21H26O4. The van der Waals surface area contributed by atoms with Crippen LogP contribution >= 0.6 is 0 Å². The van der Waals surface area contributed by atoms with E-state index in [4.69, 9.17) is 14.2 Å². The van der Waals surface area contributed by atoms with Crippen LogP contribution in [0.3, 0.4) is 0 Å². The van der Waals surface area contributed by atoms with Gasteiger partial charge in [0.1, 0.15) is 24.7 Å². The Kier molecular flexibility index (Phi) is 5.30. The van der Waals surface area contributed by atoms with Gasteiger partial charge < -0.3 is 19.3 Å². The van der Waals surface area contributed by atoms with E-state index in [1.165, 1.54) is 11.1 Å². The lowest BCUT2D eigenvalue weighted by atomic mass is 9.78. The van der Waals surface area contributed by atoms with Crippen LogP contribution in [-0.2, 0) is 10.2 Å². The van der Waals surface area contributed by atoms with E-state index >= 15 is 0 Å². The smallest absolute Gasteiger partial charge is 0.223 e. The lowest BCUT2D eigenvalue weighted by Crippen LogP contribution is -2.19. The molecule has 4 heteroatoms. The fourth-order valence-electron chi connectivity index (χ4n) is 2.65. The standard InChI is InChI=1S/C21H26O4/c1-4-17(22)13-23-18-9-5-15(6-10-18)21(2,3)16-7-11-19(12-8-16)25-20-14-24-20/h5-12,17,20,22H,4,13-14H2,1-3H3. The van der Waals surface area contributed by atoms with Gasteiger partial charge in [0.15, 0.2) is 0 Å². The SMILES string of the molecule is CCC(O)COc1ccc(C(C)(C)c2ccc(OC3CO3)cc2)cc1. The van der Waals surface area contributed by atoms with Crippen LogP contribution in [0.5, 0.6) is 11.5 Å². The monoisotopic (exact) mass is 342 g/mol. The summed E-state index contributed by atoms with van der Waals surface area (Å²) in [4.78, 5) is 0. The molecule has 0 aromatic heterocycles. The molecule has 2 atom stereocenters. The fraction of sp³-hybridized carbons (Fsp3) is 0.429. The highest BCUT2D eigenvalue weighted by molar-refractivity contribution is 5.41. The van der Waals surface area contributed by atoms with E-state index in [0.29, 0.717) is 19.6 Å². The molecule has 1 aliphatic heterocycles. The van der Waals surface area contributed by atoms with Gasteiger partial charge in [0, 0.05) is 5.41 Å². The second kappa shape index (κ2) is 7.46. The van der Waals surface area contributed by atoms with E-state index in [1.54, 1.807) is 0 Å². The molecule has 1 saturated heterocycles. The van der Waals surface area contributed by atoms with Crippen molar-refractivity contribution in [2.24, 2.45) is 0 Å². The topological polar surface area (TPSA) is 51.2 Å². The molecule has 25 heavy (non-hydrogen) atoms. The van der Waals surface area contributed by atoms with Crippen molar-refractivity contribution >= 4 is 0 Å². The van der Waals surface area contributed by atoms with Crippen LogP contribution in [-0.4, -0.2) is 30.7 Å². The molecular weight excluding hydrogens is 316 g/mol. The fourth-order valence-corrected chi connectivity index (χ4v) is 2.65. The Hall–Kier alpha value is -2.04. The van der Waals surface area contributed by atoms with Gasteiger partial charge in [0.2, 0.25) is 6.29 Å². The first-order valence-electron chi connectivity index (χ1n) is 8.79. The molecule has 0 amide bonds. The van der Waals surface area contributed by atoms with Gasteiger partial charge >= 0.3 is 0 Å². The minimum Gasteiger partial charge on any atom is -0.491 e. The molecule has 2 unspecified atom stereocenters. The van der Waals surface area contributed by atoms with E-state index in [-0.39, 0.29) is 11.7 Å². The number of benzene rings is 2. The maximum Gasteiger partial charge on any atom is 0.223 e. The van der Waals surface area contributed by atoms with Crippen molar-refractivity contribution in [3.63, 3.8) is 0 Å². The van der Waals surface area contributed by atoms with Crippen LogP contribution in [0.2, 0.25) is 0 Å². The molecule has 2 aromatic carbocycles. The summed E-state index contributed by atoms with van der Waals surface area (Å²) in [6.45, 7) is 7.34. The van der Waals surface area contributed by atoms with Gasteiger partial charge in [-0.3, -0.25) is 0 Å². The van der Waals surface area contributed by atoms with Crippen molar-refractivity contribution in [3.05, 3.63) is 59.7 Å². The number of rotatable bonds is 8. The normalized spacial score (nSPS) is 17.8. The van der Waals surface area contributed by atoms with Crippen LogP contribution < -0.4 is 9.47 Å². The van der Waals surface area contributed by atoms with Gasteiger partial charge in [-0.2, -0.15) is 0 Å². The largest absolute Gasteiger partial charge is 0.491 e. The van der Waals surface area contributed by atoms with Crippen molar-refractivity contribution in [1.29, 1.82) is 0 Å². The number of epoxide rings is 1. The third-order valence-electron chi connectivity index (χ3n) is 4.64. The number of ether oxygens (including phenoxy) is 3. The second-order valence-corrected chi connectivity index (χ2v) is 6.93. The predicted octanol–water partition coefficient (Wildman–Crippen LogP) is 3.90. The Labute approximate surface area is 149 Å². The Morgan fingerprint density at radius 3 is 2.04 bits per heavy atom. The Morgan fingerprint density at radius 1 is 1.04 bits per heavy atom. The summed E-state index contributed by atoms with van der Waals surface area (Å²) < 4.78 is 16.3. The van der Waals surface area contributed by atoms with Crippen molar-refractivity contribution < 1.29 is 19.3 Å². The maximum atomic E-state index is 9.59. The third-order valence-corrected chi connectivity index (χ3v) is 4.64. The Balaban J connectivity index is 1.68. The van der Waals surface area contributed by atoms with Gasteiger partial charge in [-0.1, -0.05) is 45.0 Å². The van der Waals surface area contributed by atoms with Crippen molar-refractivity contribution in [2.45, 2.75) is 45.0 Å². The molecule has 0 aliphatic carbocycles. The third kappa shape index (κ3) is 4.53. The van der Waals surface area contributed by atoms with Crippen LogP contribution in [0.25, 0.3) is 0 Å². The maximum absolute atomic E-state index is 9.59. The number of hydrogen-bond donors (Lipinski definition) is 1. The van der Waals surface area contributed by atoms with E-state index < -0.39 is 6.10 Å².